The van der Waals surface area contributed by atoms with Gasteiger partial charge < -0.3 is 4.90 Å². The highest BCUT2D eigenvalue weighted by molar-refractivity contribution is 5.99. The van der Waals surface area contributed by atoms with Crippen molar-refractivity contribution >= 4 is 17.5 Å². The van der Waals surface area contributed by atoms with Crippen LogP contribution in [0, 0.1) is 5.92 Å². The number of carbonyl (C=O) groups excluding carboxylic acids is 2. The lowest BCUT2D eigenvalue weighted by Crippen LogP contribution is -2.53. The van der Waals surface area contributed by atoms with Gasteiger partial charge in [0.05, 0.1) is 18.6 Å². The molecule has 6 nitrogen and oxygen atoms in total. The van der Waals surface area contributed by atoms with E-state index in [1.54, 1.807) is 0 Å². The molecule has 36 heavy (non-hydrogen) atoms. The van der Waals surface area contributed by atoms with Crippen molar-refractivity contribution in [1.29, 1.82) is 0 Å². The van der Waals surface area contributed by atoms with Crippen LogP contribution >= 0.6 is 0 Å². The standard InChI is InChI=1S/C30H41N3O3/c1-21(2)24-15-12-23(13-16-24)20-33-28-11-7-6-10-25(28)17-19-27(30(33)35)31-26(29(34)32-36)18-14-22-8-4-3-5-9-22/h6-7,10-13,15-16,21-22,26-27,31,36H,3-5,8-9,14,17-20H2,1-2H3,(H,32,34)/t26-,27-/m0/s1. The second kappa shape index (κ2) is 12.5. The summed E-state index contributed by atoms with van der Waals surface area (Å²) in [5, 5.41) is 12.8. The van der Waals surface area contributed by atoms with E-state index in [-0.39, 0.29) is 5.91 Å². The smallest absolute Gasteiger partial charge is 0.260 e. The van der Waals surface area contributed by atoms with Gasteiger partial charge in [-0.3, -0.25) is 20.1 Å². The third-order valence-electron chi connectivity index (χ3n) is 7.95. The van der Waals surface area contributed by atoms with E-state index in [0.29, 0.717) is 31.2 Å². The number of nitrogens with zero attached hydrogens (tertiary/aromatic N) is 1. The summed E-state index contributed by atoms with van der Waals surface area (Å²) in [6.07, 6.45) is 9.10. The van der Waals surface area contributed by atoms with Gasteiger partial charge in [-0.15, -0.1) is 0 Å². The molecule has 2 atom stereocenters. The Kier molecular flexibility index (Phi) is 9.16. The Balaban J connectivity index is 1.52. The molecule has 1 aliphatic carbocycles. The molecular formula is C30H41N3O3. The van der Waals surface area contributed by atoms with Crippen LogP contribution < -0.4 is 15.7 Å². The molecule has 1 heterocycles. The van der Waals surface area contributed by atoms with Gasteiger partial charge in [0.1, 0.15) is 0 Å². The first-order chi connectivity index (χ1) is 17.5. The number of hydrogen-bond acceptors (Lipinski definition) is 4. The van der Waals surface area contributed by atoms with Gasteiger partial charge in [0.15, 0.2) is 0 Å². The molecule has 0 saturated heterocycles. The first-order valence-corrected chi connectivity index (χ1v) is 13.6. The molecule has 0 aromatic heterocycles. The van der Waals surface area contributed by atoms with Crippen molar-refractivity contribution in [2.24, 2.45) is 5.92 Å². The second-order valence-corrected chi connectivity index (χ2v) is 10.8. The number of hydrogen-bond donors (Lipinski definition) is 3. The second-order valence-electron chi connectivity index (χ2n) is 10.8. The fourth-order valence-electron chi connectivity index (χ4n) is 5.71. The monoisotopic (exact) mass is 491 g/mol. The molecule has 2 aromatic carbocycles. The van der Waals surface area contributed by atoms with E-state index < -0.39 is 18.0 Å². The van der Waals surface area contributed by atoms with Crippen molar-refractivity contribution in [2.75, 3.05) is 4.90 Å². The number of anilines is 1. The summed E-state index contributed by atoms with van der Waals surface area (Å²) in [6.45, 7) is 4.82. The summed E-state index contributed by atoms with van der Waals surface area (Å²) < 4.78 is 0. The molecular weight excluding hydrogens is 450 g/mol. The molecule has 3 N–H and O–H groups in total. The highest BCUT2D eigenvalue weighted by Crippen LogP contribution is 2.30. The van der Waals surface area contributed by atoms with E-state index in [1.165, 1.54) is 37.7 Å². The summed E-state index contributed by atoms with van der Waals surface area (Å²) in [5.41, 5.74) is 6.25. The van der Waals surface area contributed by atoms with E-state index in [1.807, 2.05) is 28.6 Å². The number of amides is 2. The zero-order chi connectivity index (χ0) is 25.5. The van der Waals surface area contributed by atoms with E-state index in [9.17, 15) is 14.8 Å². The van der Waals surface area contributed by atoms with Crippen LogP contribution in [0.5, 0.6) is 0 Å². The minimum atomic E-state index is -0.598. The zero-order valence-corrected chi connectivity index (χ0v) is 21.7. The summed E-state index contributed by atoms with van der Waals surface area (Å²) in [4.78, 5) is 28.4. The predicted molar refractivity (Wildman–Crippen MR) is 143 cm³/mol. The number of fused-ring (bicyclic) bond motifs is 1. The van der Waals surface area contributed by atoms with Crippen molar-refractivity contribution in [3.63, 3.8) is 0 Å². The van der Waals surface area contributed by atoms with Gasteiger partial charge in [-0.1, -0.05) is 88.4 Å². The van der Waals surface area contributed by atoms with E-state index >= 15 is 0 Å². The molecule has 194 valence electrons. The van der Waals surface area contributed by atoms with Crippen LogP contribution in [0.3, 0.4) is 0 Å². The summed E-state index contributed by atoms with van der Waals surface area (Å²) in [7, 11) is 0. The molecule has 6 heteroatoms. The lowest BCUT2D eigenvalue weighted by atomic mass is 9.85. The van der Waals surface area contributed by atoms with Crippen LogP contribution in [0.25, 0.3) is 0 Å². The van der Waals surface area contributed by atoms with Crippen LogP contribution in [-0.4, -0.2) is 29.1 Å². The number of nitrogens with one attached hydrogen (secondary N) is 2. The average Bonchev–Trinajstić information content (AvgIpc) is 3.03. The minimum absolute atomic E-state index is 0.0266. The maximum Gasteiger partial charge on any atom is 0.260 e. The van der Waals surface area contributed by atoms with Crippen molar-refractivity contribution in [3.8, 4) is 0 Å². The van der Waals surface area contributed by atoms with Gasteiger partial charge in [0, 0.05) is 5.69 Å². The summed E-state index contributed by atoms with van der Waals surface area (Å²) in [6, 6.07) is 15.5. The van der Waals surface area contributed by atoms with Crippen LogP contribution in [-0.2, 0) is 22.6 Å². The lowest BCUT2D eigenvalue weighted by molar-refractivity contribution is -0.132. The maximum atomic E-state index is 13.9. The Labute approximate surface area is 215 Å². The number of benzene rings is 2. The number of aryl methyl sites for hydroxylation is 1. The minimum Gasteiger partial charge on any atom is -0.306 e. The van der Waals surface area contributed by atoms with Gasteiger partial charge in [0.2, 0.25) is 5.91 Å². The van der Waals surface area contributed by atoms with Crippen LogP contribution in [0.1, 0.15) is 87.8 Å². The van der Waals surface area contributed by atoms with E-state index in [2.05, 4.69) is 49.5 Å². The molecule has 2 aromatic rings. The number of carbonyl (C=O) groups is 2. The third kappa shape index (κ3) is 6.54. The van der Waals surface area contributed by atoms with Crippen LogP contribution in [0.4, 0.5) is 5.69 Å². The molecule has 1 saturated carbocycles. The van der Waals surface area contributed by atoms with Gasteiger partial charge in [-0.25, -0.2) is 5.48 Å². The highest BCUT2D eigenvalue weighted by atomic mass is 16.5. The topological polar surface area (TPSA) is 81.7 Å². The number of para-hydroxylation sites is 1. The van der Waals surface area contributed by atoms with Gasteiger partial charge in [-0.2, -0.15) is 0 Å². The molecule has 4 rings (SSSR count). The zero-order valence-electron chi connectivity index (χ0n) is 21.7. The fourth-order valence-corrected chi connectivity index (χ4v) is 5.71. The Bertz CT molecular complexity index is 1010. The summed E-state index contributed by atoms with van der Waals surface area (Å²) >= 11 is 0. The maximum absolute atomic E-state index is 13.9. The molecule has 2 amide bonds. The molecule has 1 fully saturated rings. The Morgan fingerprint density at radius 2 is 1.75 bits per heavy atom. The average molecular weight is 492 g/mol. The first kappa shape index (κ1) is 26.4. The van der Waals surface area contributed by atoms with Crippen molar-refractivity contribution in [1.82, 2.24) is 10.8 Å². The predicted octanol–water partition coefficient (Wildman–Crippen LogP) is 5.48. The quantitative estimate of drug-likeness (QED) is 0.320. The van der Waals surface area contributed by atoms with Crippen LogP contribution in [0.2, 0.25) is 0 Å². The fraction of sp³-hybridized carbons (Fsp3) is 0.533. The summed E-state index contributed by atoms with van der Waals surface area (Å²) in [5.74, 6) is 0.586. The molecule has 0 unspecified atom stereocenters. The molecule has 0 bridgehead atoms. The Morgan fingerprint density at radius 1 is 1.03 bits per heavy atom. The Hall–Kier alpha value is -2.70. The highest BCUT2D eigenvalue weighted by Gasteiger charge is 2.33. The normalized spacial score (nSPS) is 19.6. The van der Waals surface area contributed by atoms with E-state index in [0.717, 1.165) is 29.7 Å². The molecule has 0 radical (unpaired) electrons. The van der Waals surface area contributed by atoms with Crippen molar-refractivity contribution in [2.45, 2.75) is 96.2 Å². The largest absolute Gasteiger partial charge is 0.306 e. The Morgan fingerprint density at radius 3 is 2.44 bits per heavy atom. The number of rotatable bonds is 9. The van der Waals surface area contributed by atoms with Gasteiger partial charge in [0.25, 0.3) is 5.91 Å². The molecule has 1 aliphatic heterocycles. The van der Waals surface area contributed by atoms with Crippen LogP contribution in [0.15, 0.2) is 48.5 Å². The van der Waals surface area contributed by atoms with Gasteiger partial charge in [-0.05, 0) is 60.3 Å². The molecule has 2 aliphatic rings. The van der Waals surface area contributed by atoms with Crippen molar-refractivity contribution < 1.29 is 14.8 Å². The number of hydroxylamine groups is 1. The molecule has 0 spiro atoms. The lowest BCUT2D eigenvalue weighted by Gasteiger charge is -2.29. The SMILES string of the molecule is CC(C)c1ccc(CN2C(=O)[C@@H](N[C@@H](CCC3CCCCC3)C(=O)NO)CCc3ccccc32)cc1. The van der Waals surface area contributed by atoms with E-state index in [4.69, 9.17) is 0 Å². The van der Waals surface area contributed by atoms with Crippen molar-refractivity contribution in [3.05, 3.63) is 65.2 Å². The first-order valence-electron chi connectivity index (χ1n) is 13.6. The third-order valence-corrected chi connectivity index (χ3v) is 7.95. The van der Waals surface area contributed by atoms with Gasteiger partial charge >= 0.3 is 0 Å².